The molecule has 0 aliphatic carbocycles. The van der Waals surface area contributed by atoms with Gasteiger partial charge in [-0.3, -0.25) is 4.90 Å². The van der Waals surface area contributed by atoms with Crippen molar-refractivity contribution in [2.24, 2.45) is 0 Å². The van der Waals surface area contributed by atoms with Gasteiger partial charge in [-0.15, -0.1) is 0 Å². The summed E-state index contributed by atoms with van der Waals surface area (Å²) in [6.45, 7) is 11.2. The van der Waals surface area contributed by atoms with Crippen LogP contribution in [0.2, 0.25) is 0 Å². The molecule has 0 saturated heterocycles. The van der Waals surface area contributed by atoms with E-state index in [1.165, 1.54) is 17.5 Å². The third-order valence-corrected chi connectivity index (χ3v) is 4.18. The molecular formula is C17H30N2. The molecule has 2 heteroatoms. The van der Waals surface area contributed by atoms with Crippen molar-refractivity contribution in [3.8, 4) is 0 Å². The first-order valence-electron chi connectivity index (χ1n) is 7.66. The van der Waals surface area contributed by atoms with Crippen LogP contribution in [-0.4, -0.2) is 31.1 Å². The van der Waals surface area contributed by atoms with Gasteiger partial charge < -0.3 is 5.32 Å². The van der Waals surface area contributed by atoms with E-state index in [1.807, 2.05) is 0 Å². The molecule has 2 atom stereocenters. The third-order valence-electron chi connectivity index (χ3n) is 4.18. The Hall–Kier alpha value is -0.860. The molecule has 1 rings (SSSR count). The largest absolute Gasteiger partial charge is 0.312 e. The Labute approximate surface area is 119 Å². The zero-order valence-corrected chi connectivity index (χ0v) is 13.2. The number of nitrogens with one attached hydrogen (secondary N) is 1. The van der Waals surface area contributed by atoms with E-state index < -0.39 is 0 Å². The average Bonchev–Trinajstić information content (AvgIpc) is 2.48. The maximum Gasteiger partial charge on any atom is 0.0446 e. The minimum Gasteiger partial charge on any atom is -0.312 e. The average molecular weight is 262 g/mol. The van der Waals surface area contributed by atoms with Crippen molar-refractivity contribution in [1.29, 1.82) is 0 Å². The zero-order valence-electron chi connectivity index (χ0n) is 13.2. The second-order valence-electron chi connectivity index (χ2n) is 5.28. The van der Waals surface area contributed by atoms with E-state index in [2.05, 4.69) is 69.2 Å². The summed E-state index contributed by atoms with van der Waals surface area (Å²) in [4.78, 5) is 2.55. The van der Waals surface area contributed by atoms with E-state index in [-0.39, 0.29) is 0 Å². The summed E-state index contributed by atoms with van der Waals surface area (Å²) in [5, 5.41) is 3.46. The quantitative estimate of drug-likeness (QED) is 0.769. The molecule has 1 aromatic rings. The van der Waals surface area contributed by atoms with Crippen LogP contribution >= 0.6 is 0 Å². The summed E-state index contributed by atoms with van der Waals surface area (Å²) >= 11 is 0. The normalized spacial score (nSPS) is 14.6. The predicted molar refractivity (Wildman–Crippen MR) is 84.6 cm³/mol. The molecule has 0 amide bonds. The summed E-state index contributed by atoms with van der Waals surface area (Å²) < 4.78 is 0. The SMILES string of the molecule is CCc1ccc(C(CN(CC)C(C)CC)NC)cc1. The van der Waals surface area contributed by atoms with Gasteiger partial charge in [0.1, 0.15) is 0 Å². The number of rotatable bonds is 8. The second-order valence-corrected chi connectivity index (χ2v) is 5.28. The fraction of sp³-hybridized carbons (Fsp3) is 0.647. The van der Waals surface area contributed by atoms with Crippen LogP contribution in [0.4, 0.5) is 0 Å². The number of benzene rings is 1. The van der Waals surface area contributed by atoms with Crippen LogP contribution in [-0.2, 0) is 6.42 Å². The lowest BCUT2D eigenvalue weighted by molar-refractivity contribution is 0.194. The molecule has 0 aliphatic rings. The lowest BCUT2D eigenvalue weighted by atomic mass is 10.0. The van der Waals surface area contributed by atoms with Gasteiger partial charge in [-0.1, -0.05) is 45.0 Å². The molecule has 0 heterocycles. The van der Waals surface area contributed by atoms with Gasteiger partial charge >= 0.3 is 0 Å². The Kier molecular flexibility index (Phi) is 7.11. The molecule has 0 bridgehead atoms. The van der Waals surface area contributed by atoms with Crippen LogP contribution in [0.15, 0.2) is 24.3 Å². The number of likely N-dealkylation sites (N-methyl/N-ethyl adjacent to an activating group) is 2. The van der Waals surface area contributed by atoms with Gasteiger partial charge in [-0.2, -0.15) is 0 Å². The highest BCUT2D eigenvalue weighted by molar-refractivity contribution is 5.25. The minimum atomic E-state index is 0.417. The van der Waals surface area contributed by atoms with Crippen LogP contribution < -0.4 is 5.32 Å². The first-order valence-corrected chi connectivity index (χ1v) is 7.66. The second kappa shape index (κ2) is 8.34. The van der Waals surface area contributed by atoms with Crippen molar-refractivity contribution >= 4 is 0 Å². The Morgan fingerprint density at radius 1 is 1.11 bits per heavy atom. The lowest BCUT2D eigenvalue weighted by Gasteiger charge is -2.31. The molecule has 2 nitrogen and oxygen atoms in total. The third kappa shape index (κ3) is 4.63. The Morgan fingerprint density at radius 2 is 1.74 bits per heavy atom. The van der Waals surface area contributed by atoms with E-state index in [0.717, 1.165) is 19.5 Å². The van der Waals surface area contributed by atoms with Crippen molar-refractivity contribution in [1.82, 2.24) is 10.2 Å². The van der Waals surface area contributed by atoms with Crippen molar-refractivity contribution < 1.29 is 0 Å². The van der Waals surface area contributed by atoms with Gasteiger partial charge in [-0.05, 0) is 44.5 Å². The lowest BCUT2D eigenvalue weighted by Crippen LogP contribution is -2.39. The van der Waals surface area contributed by atoms with E-state index in [0.29, 0.717) is 12.1 Å². The maximum atomic E-state index is 3.46. The standard InChI is InChI=1S/C17H30N2/c1-6-14(4)19(8-3)13-17(18-5)16-11-9-15(7-2)10-12-16/h9-12,14,17-18H,6-8,13H2,1-5H3. The van der Waals surface area contributed by atoms with Crippen LogP contribution in [0.3, 0.4) is 0 Å². The van der Waals surface area contributed by atoms with Gasteiger partial charge in [0, 0.05) is 18.6 Å². The van der Waals surface area contributed by atoms with E-state index >= 15 is 0 Å². The minimum absolute atomic E-state index is 0.417. The molecule has 19 heavy (non-hydrogen) atoms. The number of hydrogen-bond acceptors (Lipinski definition) is 2. The number of nitrogens with zero attached hydrogens (tertiary/aromatic N) is 1. The molecule has 0 radical (unpaired) electrons. The van der Waals surface area contributed by atoms with Gasteiger partial charge in [0.25, 0.3) is 0 Å². The molecule has 108 valence electrons. The molecule has 1 aromatic carbocycles. The molecule has 0 aromatic heterocycles. The fourth-order valence-corrected chi connectivity index (χ4v) is 2.46. The Balaban J connectivity index is 2.75. The van der Waals surface area contributed by atoms with Crippen LogP contribution in [0.1, 0.15) is 51.3 Å². The first-order chi connectivity index (χ1) is 9.15. The monoisotopic (exact) mass is 262 g/mol. The predicted octanol–water partition coefficient (Wildman–Crippen LogP) is 3.63. The van der Waals surface area contributed by atoms with Gasteiger partial charge in [-0.25, -0.2) is 0 Å². The van der Waals surface area contributed by atoms with E-state index in [1.54, 1.807) is 0 Å². The molecular weight excluding hydrogens is 232 g/mol. The Morgan fingerprint density at radius 3 is 2.16 bits per heavy atom. The highest BCUT2D eigenvalue weighted by Gasteiger charge is 2.16. The highest BCUT2D eigenvalue weighted by Crippen LogP contribution is 2.17. The Bertz CT molecular complexity index is 345. The summed E-state index contributed by atoms with van der Waals surface area (Å²) in [6, 6.07) is 10.1. The van der Waals surface area contributed by atoms with Crippen molar-refractivity contribution in [2.45, 2.75) is 52.6 Å². The smallest absolute Gasteiger partial charge is 0.0446 e. The van der Waals surface area contributed by atoms with Crippen LogP contribution in [0, 0.1) is 0 Å². The summed E-state index contributed by atoms with van der Waals surface area (Å²) in [7, 11) is 2.06. The summed E-state index contributed by atoms with van der Waals surface area (Å²) in [6.07, 6.45) is 2.32. The van der Waals surface area contributed by atoms with Gasteiger partial charge in [0.05, 0.1) is 0 Å². The highest BCUT2D eigenvalue weighted by atomic mass is 15.2. The van der Waals surface area contributed by atoms with Crippen molar-refractivity contribution in [3.63, 3.8) is 0 Å². The van der Waals surface area contributed by atoms with Gasteiger partial charge in [0.15, 0.2) is 0 Å². The first kappa shape index (κ1) is 16.2. The summed E-state index contributed by atoms with van der Waals surface area (Å²) in [5.74, 6) is 0. The number of hydrogen-bond donors (Lipinski definition) is 1. The molecule has 0 saturated carbocycles. The zero-order chi connectivity index (χ0) is 14.3. The molecule has 0 spiro atoms. The van der Waals surface area contributed by atoms with E-state index in [4.69, 9.17) is 0 Å². The molecule has 0 fully saturated rings. The van der Waals surface area contributed by atoms with Crippen LogP contribution in [0.25, 0.3) is 0 Å². The molecule has 2 unspecified atom stereocenters. The molecule has 0 aliphatic heterocycles. The molecule has 1 N–H and O–H groups in total. The maximum absolute atomic E-state index is 3.46. The van der Waals surface area contributed by atoms with Crippen molar-refractivity contribution in [2.75, 3.05) is 20.1 Å². The van der Waals surface area contributed by atoms with Crippen LogP contribution in [0.5, 0.6) is 0 Å². The fourth-order valence-electron chi connectivity index (χ4n) is 2.46. The topological polar surface area (TPSA) is 15.3 Å². The van der Waals surface area contributed by atoms with Crippen molar-refractivity contribution in [3.05, 3.63) is 35.4 Å². The van der Waals surface area contributed by atoms with E-state index in [9.17, 15) is 0 Å². The number of aryl methyl sites for hydroxylation is 1. The van der Waals surface area contributed by atoms with Gasteiger partial charge in [0.2, 0.25) is 0 Å². The summed E-state index contributed by atoms with van der Waals surface area (Å²) in [5.41, 5.74) is 2.80.